The van der Waals surface area contributed by atoms with Gasteiger partial charge >= 0.3 is 0 Å². The zero-order chi connectivity index (χ0) is 15.1. The maximum absolute atomic E-state index is 13.0. The van der Waals surface area contributed by atoms with Crippen LogP contribution in [0.25, 0.3) is 0 Å². The SMILES string of the molecule is CC(C)C(CNCC(=O)Nc1cccc(F)c1)C(C)C. The van der Waals surface area contributed by atoms with Gasteiger partial charge in [-0.15, -0.1) is 0 Å². The Hall–Kier alpha value is -1.42. The minimum absolute atomic E-state index is 0.151. The minimum atomic E-state index is -0.351. The Kier molecular flexibility index (Phi) is 6.65. The zero-order valence-corrected chi connectivity index (χ0v) is 12.7. The summed E-state index contributed by atoms with van der Waals surface area (Å²) in [6, 6.07) is 5.91. The van der Waals surface area contributed by atoms with Crippen molar-refractivity contribution in [3.63, 3.8) is 0 Å². The third kappa shape index (κ3) is 5.70. The number of nitrogens with one attached hydrogen (secondary N) is 2. The Morgan fingerprint density at radius 2 is 1.85 bits per heavy atom. The molecular formula is C16H25FN2O. The summed E-state index contributed by atoms with van der Waals surface area (Å²) in [5.41, 5.74) is 0.487. The van der Waals surface area contributed by atoms with Crippen molar-refractivity contribution in [3.8, 4) is 0 Å². The van der Waals surface area contributed by atoms with E-state index >= 15 is 0 Å². The van der Waals surface area contributed by atoms with Crippen molar-refractivity contribution in [2.75, 3.05) is 18.4 Å². The summed E-state index contributed by atoms with van der Waals surface area (Å²) in [6.45, 7) is 9.83. The Morgan fingerprint density at radius 1 is 1.20 bits per heavy atom. The van der Waals surface area contributed by atoms with Gasteiger partial charge in [-0.05, 0) is 42.5 Å². The molecule has 1 rings (SSSR count). The normalized spacial score (nSPS) is 11.4. The molecule has 0 atom stereocenters. The van der Waals surface area contributed by atoms with E-state index in [1.54, 1.807) is 12.1 Å². The zero-order valence-electron chi connectivity index (χ0n) is 12.7. The molecule has 112 valence electrons. The quantitative estimate of drug-likeness (QED) is 0.804. The van der Waals surface area contributed by atoms with Gasteiger partial charge in [0.15, 0.2) is 0 Å². The van der Waals surface area contributed by atoms with Crippen LogP contribution in [0.5, 0.6) is 0 Å². The Labute approximate surface area is 121 Å². The summed E-state index contributed by atoms with van der Waals surface area (Å²) >= 11 is 0. The predicted octanol–water partition coefficient (Wildman–Crippen LogP) is 3.28. The molecule has 0 aliphatic carbocycles. The fraction of sp³-hybridized carbons (Fsp3) is 0.562. The summed E-state index contributed by atoms with van der Waals surface area (Å²) in [7, 11) is 0. The molecule has 0 radical (unpaired) electrons. The predicted molar refractivity (Wildman–Crippen MR) is 81.1 cm³/mol. The molecule has 1 aromatic rings. The van der Waals surface area contributed by atoms with Gasteiger partial charge in [-0.1, -0.05) is 33.8 Å². The van der Waals surface area contributed by atoms with Crippen LogP contribution in [0.4, 0.5) is 10.1 Å². The van der Waals surface area contributed by atoms with Gasteiger partial charge in [0.2, 0.25) is 5.91 Å². The average molecular weight is 280 g/mol. The Morgan fingerprint density at radius 3 is 2.40 bits per heavy atom. The van der Waals surface area contributed by atoms with Crippen LogP contribution in [0.2, 0.25) is 0 Å². The van der Waals surface area contributed by atoms with Crippen LogP contribution < -0.4 is 10.6 Å². The van der Waals surface area contributed by atoms with Gasteiger partial charge < -0.3 is 10.6 Å². The van der Waals surface area contributed by atoms with Gasteiger partial charge in [-0.2, -0.15) is 0 Å². The van der Waals surface area contributed by atoms with Crippen molar-refractivity contribution in [2.24, 2.45) is 17.8 Å². The maximum atomic E-state index is 13.0. The molecule has 0 heterocycles. The molecule has 3 nitrogen and oxygen atoms in total. The lowest BCUT2D eigenvalue weighted by molar-refractivity contribution is -0.115. The van der Waals surface area contributed by atoms with Crippen LogP contribution >= 0.6 is 0 Å². The fourth-order valence-corrected chi connectivity index (χ4v) is 2.36. The largest absolute Gasteiger partial charge is 0.325 e. The molecule has 1 aromatic carbocycles. The van der Waals surface area contributed by atoms with Crippen LogP contribution in [-0.4, -0.2) is 19.0 Å². The highest BCUT2D eigenvalue weighted by Gasteiger charge is 2.17. The van der Waals surface area contributed by atoms with Crippen LogP contribution in [0, 0.1) is 23.6 Å². The second-order valence-electron chi connectivity index (χ2n) is 5.84. The number of carbonyl (C=O) groups is 1. The molecule has 1 amide bonds. The third-order valence-electron chi connectivity index (χ3n) is 3.49. The molecule has 0 fully saturated rings. The van der Waals surface area contributed by atoms with E-state index in [1.807, 2.05) is 0 Å². The molecule has 0 spiro atoms. The third-order valence-corrected chi connectivity index (χ3v) is 3.49. The van der Waals surface area contributed by atoms with E-state index in [1.165, 1.54) is 12.1 Å². The monoisotopic (exact) mass is 280 g/mol. The lowest BCUT2D eigenvalue weighted by Crippen LogP contribution is -2.35. The van der Waals surface area contributed by atoms with E-state index in [0.29, 0.717) is 23.4 Å². The number of halogens is 1. The van der Waals surface area contributed by atoms with E-state index < -0.39 is 0 Å². The van der Waals surface area contributed by atoms with Gasteiger partial charge in [-0.3, -0.25) is 4.79 Å². The Balaban J connectivity index is 2.36. The average Bonchev–Trinajstić information content (AvgIpc) is 2.33. The highest BCUT2D eigenvalue weighted by atomic mass is 19.1. The number of carbonyl (C=O) groups excluding carboxylic acids is 1. The molecule has 0 aliphatic rings. The lowest BCUT2D eigenvalue weighted by Gasteiger charge is -2.25. The van der Waals surface area contributed by atoms with Gasteiger partial charge in [0.1, 0.15) is 5.82 Å². The molecule has 0 saturated carbocycles. The molecular weight excluding hydrogens is 255 g/mol. The first-order chi connectivity index (χ1) is 9.40. The number of amides is 1. The Bertz CT molecular complexity index is 424. The van der Waals surface area contributed by atoms with Crippen molar-refractivity contribution in [2.45, 2.75) is 27.7 Å². The molecule has 4 heteroatoms. The van der Waals surface area contributed by atoms with Crippen LogP contribution in [0.1, 0.15) is 27.7 Å². The van der Waals surface area contributed by atoms with E-state index in [9.17, 15) is 9.18 Å². The number of hydrogen-bond acceptors (Lipinski definition) is 2. The number of anilines is 1. The molecule has 0 aliphatic heterocycles. The molecule has 20 heavy (non-hydrogen) atoms. The van der Waals surface area contributed by atoms with E-state index in [2.05, 4.69) is 38.3 Å². The molecule has 0 aromatic heterocycles. The van der Waals surface area contributed by atoms with Crippen molar-refractivity contribution >= 4 is 11.6 Å². The summed E-state index contributed by atoms with van der Waals surface area (Å²) in [4.78, 5) is 11.7. The molecule has 0 unspecified atom stereocenters. The first-order valence-corrected chi connectivity index (χ1v) is 7.16. The molecule has 2 N–H and O–H groups in total. The summed E-state index contributed by atoms with van der Waals surface area (Å²) in [5, 5.41) is 5.85. The summed E-state index contributed by atoms with van der Waals surface area (Å²) in [5.74, 6) is 1.19. The second kappa shape index (κ2) is 8.00. The topological polar surface area (TPSA) is 41.1 Å². The van der Waals surface area contributed by atoms with Crippen molar-refractivity contribution in [3.05, 3.63) is 30.1 Å². The van der Waals surface area contributed by atoms with Gasteiger partial charge in [0, 0.05) is 5.69 Å². The maximum Gasteiger partial charge on any atom is 0.238 e. The molecule has 0 saturated heterocycles. The molecule has 0 bridgehead atoms. The number of benzene rings is 1. The van der Waals surface area contributed by atoms with E-state index in [-0.39, 0.29) is 18.3 Å². The summed E-state index contributed by atoms with van der Waals surface area (Å²) in [6.07, 6.45) is 0. The van der Waals surface area contributed by atoms with Crippen molar-refractivity contribution in [1.82, 2.24) is 5.32 Å². The highest BCUT2D eigenvalue weighted by Crippen LogP contribution is 2.19. The van der Waals surface area contributed by atoms with Crippen molar-refractivity contribution in [1.29, 1.82) is 0 Å². The first kappa shape index (κ1) is 16.6. The smallest absolute Gasteiger partial charge is 0.238 e. The van der Waals surface area contributed by atoms with E-state index in [4.69, 9.17) is 0 Å². The minimum Gasteiger partial charge on any atom is -0.325 e. The van der Waals surface area contributed by atoms with E-state index in [0.717, 1.165) is 6.54 Å². The van der Waals surface area contributed by atoms with Crippen molar-refractivity contribution < 1.29 is 9.18 Å². The van der Waals surface area contributed by atoms with Gasteiger partial charge in [0.25, 0.3) is 0 Å². The highest BCUT2D eigenvalue weighted by molar-refractivity contribution is 5.92. The second-order valence-corrected chi connectivity index (χ2v) is 5.84. The number of hydrogen-bond donors (Lipinski definition) is 2. The van der Waals surface area contributed by atoms with Gasteiger partial charge in [-0.25, -0.2) is 4.39 Å². The standard InChI is InChI=1S/C16H25FN2O/c1-11(2)15(12(3)4)9-18-10-16(20)19-14-7-5-6-13(17)8-14/h5-8,11-12,15,18H,9-10H2,1-4H3,(H,19,20). The van der Waals surface area contributed by atoms with Crippen LogP contribution in [-0.2, 0) is 4.79 Å². The fourth-order valence-electron chi connectivity index (χ4n) is 2.36. The first-order valence-electron chi connectivity index (χ1n) is 7.16. The van der Waals surface area contributed by atoms with Crippen LogP contribution in [0.3, 0.4) is 0 Å². The van der Waals surface area contributed by atoms with Crippen LogP contribution in [0.15, 0.2) is 24.3 Å². The summed E-state index contributed by atoms with van der Waals surface area (Å²) < 4.78 is 13.0. The lowest BCUT2D eigenvalue weighted by atomic mass is 9.85. The van der Waals surface area contributed by atoms with Gasteiger partial charge in [0.05, 0.1) is 6.54 Å². The number of rotatable bonds is 7.